The predicted molar refractivity (Wildman–Crippen MR) is 89.7 cm³/mol. The highest BCUT2D eigenvalue weighted by Crippen LogP contribution is 2.38. The second kappa shape index (κ2) is 6.81. The lowest BCUT2D eigenvalue weighted by Gasteiger charge is -1.96. The Balaban J connectivity index is 1.94. The van der Waals surface area contributed by atoms with E-state index >= 15 is 0 Å². The van der Waals surface area contributed by atoms with Gasteiger partial charge in [0.15, 0.2) is 11.4 Å². The second-order valence-electron chi connectivity index (χ2n) is 5.05. The lowest BCUT2D eigenvalue weighted by atomic mass is 10.2. The molecule has 1 aromatic heterocycles. The Morgan fingerprint density at radius 3 is 2.23 bits per heavy atom. The van der Waals surface area contributed by atoms with Gasteiger partial charge in [-0.05, 0) is 6.07 Å². The standard InChI is InChI=1S/C16H10N4O6/c21-16-13(9-15(26-16)10-4-2-1-3-5-10)18-17-12-7-6-11(19(22)23)8-14(12)20(24)25/h1-9,21H. The van der Waals surface area contributed by atoms with Crippen molar-refractivity contribution in [3.63, 3.8) is 0 Å². The molecule has 0 radical (unpaired) electrons. The molecule has 0 fully saturated rings. The van der Waals surface area contributed by atoms with Gasteiger partial charge < -0.3 is 9.52 Å². The summed E-state index contributed by atoms with van der Waals surface area (Å²) >= 11 is 0. The maximum atomic E-state index is 11.1. The van der Waals surface area contributed by atoms with Crippen molar-refractivity contribution in [3.8, 4) is 17.3 Å². The number of benzene rings is 2. The number of furan rings is 1. The van der Waals surface area contributed by atoms with Gasteiger partial charge in [-0.25, -0.2) is 0 Å². The number of non-ortho nitro benzene ring substituents is 1. The van der Waals surface area contributed by atoms with Gasteiger partial charge in [-0.3, -0.25) is 20.2 Å². The normalized spacial score (nSPS) is 10.9. The van der Waals surface area contributed by atoms with E-state index in [2.05, 4.69) is 10.2 Å². The van der Waals surface area contributed by atoms with Crippen LogP contribution in [0.5, 0.6) is 5.95 Å². The Morgan fingerprint density at radius 2 is 1.58 bits per heavy atom. The van der Waals surface area contributed by atoms with E-state index in [1.807, 2.05) is 6.07 Å². The highest BCUT2D eigenvalue weighted by atomic mass is 16.6. The third-order valence-electron chi connectivity index (χ3n) is 3.38. The number of hydrogen-bond acceptors (Lipinski definition) is 8. The van der Waals surface area contributed by atoms with E-state index in [0.717, 1.165) is 18.2 Å². The van der Waals surface area contributed by atoms with E-state index in [1.54, 1.807) is 24.3 Å². The van der Waals surface area contributed by atoms with Crippen LogP contribution in [0.2, 0.25) is 0 Å². The van der Waals surface area contributed by atoms with Crippen molar-refractivity contribution < 1.29 is 19.4 Å². The zero-order valence-corrected chi connectivity index (χ0v) is 13.0. The molecule has 10 heteroatoms. The first-order valence-corrected chi connectivity index (χ1v) is 7.18. The number of nitro benzene ring substituents is 2. The first-order valence-electron chi connectivity index (χ1n) is 7.18. The molecule has 0 amide bonds. The molecular weight excluding hydrogens is 344 g/mol. The molecule has 0 saturated heterocycles. The minimum Gasteiger partial charge on any atom is -0.479 e. The molecular formula is C16H10N4O6. The van der Waals surface area contributed by atoms with Crippen molar-refractivity contribution in [1.82, 2.24) is 0 Å². The van der Waals surface area contributed by atoms with Crippen LogP contribution >= 0.6 is 0 Å². The zero-order valence-electron chi connectivity index (χ0n) is 13.0. The molecule has 3 aromatic rings. The zero-order chi connectivity index (χ0) is 18.7. The largest absolute Gasteiger partial charge is 0.479 e. The van der Waals surface area contributed by atoms with Crippen molar-refractivity contribution in [1.29, 1.82) is 0 Å². The van der Waals surface area contributed by atoms with Gasteiger partial charge in [0.1, 0.15) is 5.76 Å². The van der Waals surface area contributed by atoms with Crippen LogP contribution in [0, 0.1) is 20.2 Å². The third kappa shape index (κ3) is 3.38. The van der Waals surface area contributed by atoms with E-state index in [0.29, 0.717) is 11.3 Å². The van der Waals surface area contributed by atoms with Crippen molar-refractivity contribution in [3.05, 3.63) is 74.8 Å². The summed E-state index contributed by atoms with van der Waals surface area (Å²) in [6.07, 6.45) is 0. The van der Waals surface area contributed by atoms with Gasteiger partial charge in [0.25, 0.3) is 5.69 Å². The molecule has 1 N–H and O–H groups in total. The van der Waals surface area contributed by atoms with Crippen LogP contribution in [-0.2, 0) is 0 Å². The number of rotatable bonds is 5. The quantitative estimate of drug-likeness (QED) is 0.392. The van der Waals surface area contributed by atoms with Crippen LogP contribution in [0.25, 0.3) is 11.3 Å². The maximum absolute atomic E-state index is 11.1. The third-order valence-corrected chi connectivity index (χ3v) is 3.38. The summed E-state index contributed by atoms with van der Waals surface area (Å²) in [6, 6.07) is 13.3. The number of aromatic hydroxyl groups is 1. The van der Waals surface area contributed by atoms with Crippen molar-refractivity contribution in [2.24, 2.45) is 10.2 Å². The SMILES string of the molecule is O=[N+]([O-])c1ccc(N=Nc2cc(-c3ccccc3)oc2O)c([N+](=O)[O-])c1. The molecule has 1 heterocycles. The second-order valence-corrected chi connectivity index (χ2v) is 5.05. The molecule has 0 aliphatic carbocycles. The number of nitrogens with zero attached hydrogens (tertiary/aromatic N) is 4. The van der Waals surface area contributed by atoms with Gasteiger partial charge in [0, 0.05) is 17.7 Å². The monoisotopic (exact) mass is 354 g/mol. The predicted octanol–water partition coefficient (Wildman–Crippen LogP) is 4.88. The highest BCUT2D eigenvalue weighted by Gasteiger charge is 2.20. The number of hydrogen-bond donors (Lipinski definition) is 1. The summed E-state index contributed by atoms with van der Waals surface area (Å²) in [4.78, 5) is 20.3. The number of nitro groups is 2. The number of azo groups is 1. The van der Waals surface area contributed by atoms with E-state index in [4.69, 9.17) is 4.42 Å². The van der Waals surface area contributed by atoms with Crippen LogP contribution in [0.3, 0.4) is 0 Å². The van der Waals surface area contributed by atoms with Crippen molar-refractivity contribution >= 4 is 22.7 Å². The average Bonchev–Trinajstić information content (AvgIpc) is 3.01. The fraction of sp³-hybridized carbons (Fsp3) is 0. The summed E-state index contributed by atoms with van der Waals surface area (Å²) in [5.74, 6) is -0.160. The Kier molecular flexibility index (Phi) is 4.39. The molecule has 26 heavy (non-hydrogen) atoms. The molecule has 10 nitrogen and oxygen atoms in total. The van der Waals surface area contributed by atoms with E-state index in [-0.39, 0.29) is 11.4 Å². The molecule has 130 valence electrons. The fourth-order valence-corrected chi connectivity index (χ4v) is 2.15. The van der Waals surface area contributed by atoms with E-state index in [9.17, 15) is 25.3 Å². The Hall–Kier alpha value is -4.08. The van der Waals surface area contributed by atoms with Crippen LogP contribution in [-0.4, -0.2) is 15.0 Å². The average molecular weight is 354 g/mol. The van der Waals surface area contributed by atoms with E-state index < -0.39 is 27.2 Å². The molecule has 0 unspecified atom stereocenters. The smallest absolute Gasteiger partial charge is 0.311 e. The summed E-state index contributed by atoms with van der Waals surface area (Å²) < 4.78 is 5.20. The summed E-state index contributed by atoms with van der Waals surface area (Å²) in [5, 5.41) is 39.1. The van der Waals surface area contributed by atoms with Gasteiger partial charge in [-0.1, -0.05) is 30.3 Å². The molecule has 0 spiro atoms. The molecule has 0 atom stereocenters. The van der Waals surface area contributed by atoms with Gasteiger partial charge in [0.2, 0.25) is 0 Å². The fourth-order valence-electron chi connectivity index (χ4n) is 2.15. The van der Waals surface area contributed by atoms with Gasteiger partial charge in [0.05, 0.1) is 15.9 Å². The molecule has 2 aromatic carbocycles. The first kappa shape index (κ1) is 16.8. The minimum absolute atomic E-state index is 0.0310. The summed E-state index contributed by atoms with van der Waals surface area (Å²) in [6.45, 7) is 0. The van der Waals surface area contributed by atoms with Gasteiger partial charge in [-0.15, -0.1) is 10.2 Å². The first-order chi connectivity index (χ1) is 12.5. The van der Waals surface area contributed by atoms with Crippen LogP contribution in [0.15, 0.2) is 69.2 Å². The van der Waals surface area contributed by atoms with Crippen LogP contribution in [0.4, 0.5) is 22.7 Å². The molecule has 0 aliphatic heterocycles. The molecule has 3 rings (SSSR count). The van der Waals surface area contributed by atoms with Crippen LogP contribution in [0.1, 0.15) is 0 Å². The van der Waals surface area contributed by atoms with E-state index in [1.165, 1.54) is 6.07 Å². The minimum atomic E-state index is -0.800. The topological polar surface area (TPSA) is 144 Å². The van der Waals surface area contributed by atoms with Crippen molar-refractivity contribution in [2.45, 2.75) is 0 Å². The highest BCUT2D eigenvalue weighted by molar-refractivity contribution is 5.65. The lowest BCUT2D eigenvalue weighted by Crippen LogP contribution is -1.92. The lowest BCUT2D eigenvalue weighted by molar-refractivity contribution is -0.393. The molecule has 0 aliphatic rings. The summed E-state index contributed by atoms with van der Waals surface area (Å²) in [5.41, 5.74) is -0.535. The Morgan fingerprint density at radius 1 is 0.885 bits per heavy atom. The van der Waals surface area contributed by atoms with Gasteiger partial charge in [-0.2, -0.15) is 0 Å². The Labute approximate surface area is 145 Å². The van der Waals surface area contributed by atoms with Crippen LogP contribution < -0.4 is 0 Å². The van der Waals surface area contributed by atoms with Gasteiger partial charge >= 0.3 is 11.6 Å². The molecule has 0 bridgehead atoms. The maximum Gasteiger partial charge on any atom is 0.311 e. The molecule has 0 saturated carbocycles. The summed E-state index contributed by atoms with van der Waals surface area (Å²) in [7, 11) is 0. The Bertz CT molecular complexity index is 1010. The van der Waals surface area contributed by atoms with Crippen molar-refractivity contribution in [2.75, 3.05) is 0 Å².